The summed E-state index contributed by atoms with van der Waals surface area (Å²) in [7, 11) is 0. The highest BCUT2D eigenvalue weighted by molar-refractivity contribution is 6.30. The first-order valence-corrected chi connectivity index (χ1v) is 7.50. The molecule has 0 aliphatic carbocycles. The van der Waals surface area contributed by atoms with Crippen LogP contribution in [0.4, 0.5) is 5.69 Å². The first kappa shape index (κ1) is 14.9. The third-order valence-corrected chi connectivity index (χ3v) is 3.83. The summed E-state index contributed by atoms with van der Waals surface area (Å²) in [6, 6.07) is 5.69. The Kier molecular flexibility index (Phi) is 5.48. The van der Waals surface area contributed by atoms with Crippen LogP contribution in [0.2, 0.25) is 5.02 Å². The molecule has 0 atom stereocenters. The monoisotopic (exact) mass is 293 g/mol. The summed E-state index contributed by atoms with van der Waals surface area (Å²) in [5.74, 6) is -0.941. The maximum absolute atomic E-state index is 10.7. The molecule has 1 aromatic carbocycles. The van der Waals surface area contributed by atoms with E-state index in [0.717, 1.165) is 24.3 Å². The second kappa shape index (κ2) is 7.34. The van der Waals surface area contributed by atoms with E-state index in [-0.39, 0.29) is 0 Å². The molecule has 1 aliphatic rings. The number of anilines is 1. The number of hydrogen-bond donors (Lipinski definition) is 1. The molecule has 2 rings (SSSR count). The molecule has 1 heterocycles. The fraction of sp³-hybridized carbons (Fsp3) is 0.438. The highest BCUT2D eigenvalue weighted by atomic mass is 35.5. The lowest BCUT2D eigenvalue weighted by Crippen LogP contribution is -2.27. The largest absolute Gasteiger partial charge is 0.478 e. The molecule has 1 aliphatic heterocycles. The fourth-order valence-corrected chi connectivity index (χ4v) is 2.78. The molecule has 108 valence electrons. The molecule has 0 unspecified atom stereocenters. The van der Waals surface area contributed by atoms with Crippen LogP contribution in [0.15, 0.2) is 24.3 Å². The average Bonchev–Trinajstić information content (AvgIpc) is 2.37. The van der Waals surface area contributed by atoms with Crippen molar-refractivity contribution in [3.05, 3.63) is 34.9 Å². The maximum atomic E-state index is 10.7. The molecule has 20 heavy (non-hydrogen) atoms. The van der Waals surface area contributed by atoms with Crippen molar-refractivity contribution >= 4 is 29.3 Å². The number of rotatable bonds is 3. The van der Waals surface area contributed by atoms with Gasteiger partial charge in [-0.05, 0) is 42.7 Å². The summed E-state index contributed by atoms with van der Waals surface area (Å²) >= 11 is 6.03. The van der Waals surface area contributed by atoms with Crippen LogP contribution in [0.25, 0.3) is 6.08 Å². The van der Waals surface area contributed by atoms with Crippen LogP contribution in [0, 0.1) is 0 Å². The zero-order valence-corrected chi connectivity index (χ0v) is 12.3. The van der Waals surface area contributed by atoms with Crippen LogP contribution in [0.5, 0.6) is 0 Å². The number of halogens is 1. The first-order valence-electron chi connectivity index (χ1n) is 7.12. The van der Waals surface area contributed by atoms with Gasteiger partial charge in [0.25, 0.3) is 0 Å². The van der Waals surface area contributed by atoms with E-state index in [2.05, 4.69) is 4.90 Å². The molecule has 0 bridgehead atoms. The Morgan fingerprint density at radius 2 is 1.80 bits per heavy atom. The number of aliphatic carboxylic acids is 1. The highest BCUT2D eigenvalue weighted by Crippen LogP contribution is 2.27. The normalized spacial score (nSPS) is 16.9. The summed E-state index contributed by atoms with van der Waals surface area (Å²) in [6.07, 6.45) is 9.02. The number of carboxylic acids is 1. The SMILES string of the molecule is O=C(O)/C=C/c1cc(Cl)ccc1N1CCCCCCC1. The second-order valence-electron chi connectivity index (χ2n) is 5.13. The van der Waals surface area contributed by atoms with Crippen molar-refractivity contribution in [1.29, 1.82) is 0 Å². The third-order valence-electron chi connectivity index (χ3n) is 3.59. The predicted octanol–water partition coefficient (Wildman–Crippen LogP) is 4.21. The van der Waals surface area contributed by atoms with Crippen molar-refractivity contribution in [3.8, 4) is 0 Å². The van der Waals surface area contributed by atoms with E-state index in [0.29, 0.717) is 5.02 Å². The Bertz CT molecular complexity index is 491. The van der Waals surface area contributed by atoms with Crippen molar-refractivity contribution in [3.63, 3.8) is 0 Å². The van der Waals surface area contributed by atoms with Gasteiger partial charge >= 0.3 is 5.97 Å². The number of carbonyl (C=O) groups is 1. The molecular formula is C16H20ClNO2. The minimum Gasteiger partial charge on any atom is -0.478 e. The molecular weight excluding hydrogens is 274 g/mol. The predicted molar refractivity (Wildman–Crippen MR) is 83.4 cm³/mol. The fourth-order valence-electron chi connectivity index (χ4n) is 2.60. The van der Waals surface area contributed by atoms with Crippen LogP contribution in [0.1, 0.15) is 37.7 Å². The molecule has 0 radical (unpaired) electrons. The molecule has 0 spiro atoms. The zero-order chi connectivity index (χ0) is 14.4. The molecule has 1 aromatic rings. The van der Waals surface area contributed by atoms with Crippen LogP contribution < -0.4 is 4.90 Å². The Balaban J connectivity index is 2.26. The van der Waals surface area contributed by atoms with Gasteiger partial charge in [-0.1, -0.05) is 30.9 Å². The lowest BCUT2D eigenvalue weighted by molar-refractivity contribution is -0.131. The zero-order valence-electron chi connectivity index (χ0n) is 11.5. The molecule has 0 aromatic heterocycles. The summed E-state index contributed by atoms with van der Waals surface area (Å²) in [5.41, 5.74) is 1.95. The standard InChI is InChI=1S/C16H20ClNO2/c17-14-7-8-15(13(12-14)6-9-16(19)20)18-10-4-2-1-3-5-11-18/h6-9,12H,1-5,10-11H2,(H,19,20)/b9-6+. The summed E-state index contributed by atoms with van der Waals surface area (Å²) < 4.78 is 0. The van der Waals surface area contributed by atoms with Crippen LogP contribution in [-0.4, -0.2) is 24.2 Å². The highest BCUT2D eigenvalue weighted by Gasteiger charge is 2.12. The lowest BCUT2D eigenvalue weighted by atomic mass is 10.1. The first-order chi connectivity index (χ1) is 9.66. The van der Waals surface area contributed by atoms with Crippen molar-refractivity contribution in [2.45, 2.75) is 32.1 Å². The third kappa shape index (κ3) is 4.27. The van der Waals surface area contributed by atoms with Crippen LogP contribution in [0.3, 0.4) is 0 Å². The van der Waals surface area contributed by atoms with Gasteiger partial charge in [0.05, 0.1) is 0 Å². The number of benzene rings is 1. The number of carboxylic acid groups (broad SMARTS) is 1. The van der Waals surface area contributed by atoms with Gasteiger partial charge in [-0.3, -0.25) is 0 Å². The molecule has 3 nitrogen and oxygen atoms in total. The topological polar surface area (TPSA) is 40.5 Å². The van der Waals surface area contributed by atoms with Crippen LogP contribution in [-0.2, 0) is 4.79 Å². The molecule has 1 N–H and O–H groups in total. The van der Waals surface area contributed by atoms with Crippen molar-refractivity contribution in [2.24, 2.45) is 0 Å². The van der Waals surface area contributed by atoms with E-state index in [1.54, 1.807) is 6.08 Å². The van der Waals surface area contributed by atoms with Crippen molar-refractivity contribution < 1.29 is 9.90 Å². The van der Waals surface area contributed by atoms with Crippen molar-refractivity contribution in [2.75, 3.05) is 18.0 Å². The van der Waals surface area contributed by atoms with Gasteiger partial charge in [-0.15, -0.1) is 0 Å². The molecule has 1 fully saturated rings. The van der Waals surface area contributed by atoms with Gasteiger partial charge < -0.3 is 10.0 Å². The van der Waals surface area contributed by atoms with Gasteiger partial charge in [-0.2, -0.15) is 0 Å². The van der Waals surface area contributed by atoms with Gasteiger partial charge in [0.15, 0.2) is 0 Å². The Labute approximate surface area is 124 Å². The van der Waals surface area contributed by atoms with E-state index in [4.69, 9.17) is 16.7 Å². The second-order valence-corrected chi connectivity index (χ2v) is 5.57. The van der Waals surface area contributed by atoms with Gasteiger partial charge in [0.2, 0.25) is 0 Å². The summed E-state index contributed by atoms with van der Waals surface area (Å²) in [5, 5.41) is 9.42. The lowest BCUT2D eigenvalue weighted by Gasteiger charge is -2.28. The maximum Gasteiger partial charge on any atom is 0.328 e. The quantitative estimate of drug-likeness (QED) is 0.849. The molecule has 0 saturated carbocycles. The molecule has 4 heteroatoms. The minimum atomic E-state index is -0.941. The molecule has 0 amide bonds. The molecule has 1 saturated heterocycles. The van der Waals surface area contributed by atoms with Crippen molar-refractivity contribution in [1.82, 2.24) is 0 Å². The van der Waals surface area contributed by atoms with E-state index < -0.39 is 5.97 Å². The van der Waals surface area contributed by atoms with E-state index >= 15 is 0 Å². The van der Waals surface area contributed by atoms with Gasteiger partial charge in [0, 0.05) is 29.9 Å². The Morgan fingerprint density at radius 1 is 1.15 bits per heavy atom. The summed E-state index contributed by atoms with van der Waals surface area (Å²) in [4.78, 5) is 13.1. The minimum absolute atomic E-state index is 0.630. The van der Waals surface area contributed by atoms with Crippen LogP contribution >= 0.6 is 11.6 Å². The average molecular weight is 294 g/mol. The Hall–Kier alpha value is -1.48. The number of hydrogen-bond acceptors (Lipinski definition) is 2. The van der Waals surface area contributed by atoms with E-state index in [1.165, 1.54) is 38.2 Å². The van der Waals surface area contributed by atoms with E-state index in [1.807, 2.05) is 18.2 Å². The van der Waals surface area contributed by atoms with Gasteiger partial charge in [-0.25, -0.2) is 4.79 Å². The van der Waals surface area contributed by atoms with E-state index in [9.17, 15) is 4.79 Å². The smallest absolute Gasteiger partial charge is 0.328 e. The summed E-state index contributed by atoms with van der Waals surface area (Å²) in [6.45, 7) is 2.05. The number of nitrogens with zero attached hydrogens (tertiary/aromatic N) is 1. The van der Waals surface area contributed by atoms with Gasteiger partial charge in [0.1, 0.15) is 0 Å². The Morgan fingerprint density at radius 3 is 2.45 bits per heavy atom.